The van der Waals surface area contributed by atoms with Crippen LogP contribution < -0.4 is 0 Å². The van der Waals surface area contributed by atoms with Crippen molar-refractivity contribution in [2.24, 2.45) is 5.92 Å². The van der Waals surface area contributed by atoms with E-state index < -0.39 is 0 Å². The van der Waals surface area contributed by atoms with Crippen molar-refractivity contribution < 1.29 is 0 Å². The van der Waals surface area contributed by atoms with Gasteiger partial charge in [-0.1, -0.05) is 28.9 Å². The summed E-state index contributed by atoms with van der Waals surface area (Å²) < 4.78 is 1.14. The van der Waals surface area contributed by atoms with Crippen LogP contribution in [0.4, 0.5) is 0 Å². The lowest BCUT2D eigenvalue weighted by Crippen LogP contribution is -2.39. The van der Waals surface area contributed by atoms with Crippen LogP contribution in [0, 0.1) is 5.92 Å². The third-order valence-electron chi connectivity index (χ3n) is 3.48. The number of hydrogen-bond donors (Lipinski definition) is 0. The second-order valence-electron chi connectivity index (χ2n) is 4.39. The molecule has 1 unspecified atom stereocenters. The molecule has 2 rings (SSSR count). The molecule has 0 aromatic heterocycles. The van der Waals surface area contributed by atoms with E-state index in [2.05, 4.69) is 27.4 Å². The van der Waals surface area contributed by atoms with Crippen molar-refractivity contribution in [2.45, 2.75) is 38.1 Å². The van der Waals surface area contributed by atoms with Crippen molar-refractivity contribution in [3.8, 4) is 0 Å². The molecule has 2 heteroatoms. The maximum absolute atomic E-state index is 3.93. The third kappa shape index (κ3) is 2.16. The van der Waals surface area contributed by atoms with Crippen LogP contribution in [0.2, 0.25) is 0 Å². The molecule has 0 radical (unpaired) electrons. The Kier molecular flexibility index (Phi) is 3.10. The van der Waals surface area contributed by atoms with Gasteiger partial charge >= 0.3 is 0 Å². The zero-order chi connectivity index (χ0) is 9.26. The van der Waals surface area contributed by atoms with Gasteiger partial charge in [0, 0.05) is 17.1 Å². The van der Waals surface area contributed by atoms with Gasteiger partial charge in [-0.15, -0.1) is 0 Å². The van der Waals surface area contributed by atoms with Crippen LogP contribution >= 0.6 is 15.9 Å². The van der Waals surface area contributed by atoms with Gasteiger partial charge in [0.1, 0.15) is 0 Å². The van der Waals surface area contributed by atoms with Gasteiger partial charge < -0.3 is 0 Å². The van der Waals surface area contributed by atoms with E-state index in [1.165, 1.54) is 38.6 Å². The summed E-state index contributed by atoms with van der Waals surface area (Å²) >= 11 is 3.46. The molecule has 2 aliphatic rings. The van der Waals surface area contributed by atoms with E-state index in [0.29, 0.717) is 0 Å². The number of likely N-dealkylation sites (tertiary alicyclic amines) is 1. The van der Waals surface area contributed by atoms with Crippen molar-refractivity contribution in [3.05, 3.63) is 11.1 Å². The van der Waals surface area contributed by atoms with Gasteiger partial charge in [0.2, 0.25) is 0 Å². The van der Waals surface area contributed by atoms with E-state index in [0.717, 1.165) is 23.0 Å². The van der Waals surface area contributed by atoms with E-state index in [9.17, 15) is 0 Å². The summed E-state index contributed by atoms with van der Waals surface area (Å²) in [5.74, 6) is 1.01. The number of halogens is 1. The molecule has 0 bridgehead atoms. The Bertz CT molecular complexity index is 198. The molecule has 1 aliphatic heterocycles. The zero-order valence-corrected chi connectivity index (χ0v) is 9.72. The molecule has 1 heterocycles. The molecule has 0 aromatic carbocycles. The first kappa shape index (κ1) is 9.72. The van der Waals surface area contributed by atoms with Crippen molar-refractivity contribution >= 4 is 15.9 Å². The molecule has 1 atom stereocenters. The SMILES string of the molecule is C=C(Br)CN1CCCC1C1CCC1. The normalized spacial score (nSPS) is 30.4. The van der Waals surface area contributed by atoms with Crippen molar-refractivity contribution in [3.63, 3.8) is 0 Å². The van der Waals surface area contributed by atoms with Crippen molar-refractivity contribution in [1.29, 1.82) is 0 Å². The Balaban J connectivity index is 1.89. The fraction of sp³-hybridized carbons (Fsp3) is 0.818. The lowest BCUT2D eigenvalue weighted by Gasteiger charge is -2.37. The van der Waals surface area contributed by atoms with Gasteiger partial charge in [-0.05, 0) is 38.1 Å². The molecular weight excluding hydrogens is 226 g/mol. The van der Waals surface area contributed by atoms with Gasteiger partial charge in [0.05, 0.1) is 0 Å². The highest BCUT2D eigenvalue weighted by Crippen LogP contribution is 2.37. The molecule has 0 spiro atoms. The lowest BCUT2D eigenvalue weighted by atomic mass is 9.79. The number of hydrogen-bond acceptors (Lipinski definition) is 1. The Morgan fingerprint density at radius 2 is 2.08 bits per heavy atom. The second kappa shape index (κ2) is 4.14. The summed E-state index contributed by atoms with van der Waals surface area (Å²) in [4.78, 5) is 2.61. The molecule has 0 amide bonds. The summed E-state index contributed by atoms with van der Waals surface area (Å²) in [5, 5.41) is 0. The van der Waals surface area contributed by atoms with E-state index in [-0.39, 0.29) is 0 Å². The first-order chi connectivity index (χ1) is 6.27. The van der Waals surface area contributed by atoms with Crippen LogP contribution in [0.5, 0.6) is 0 Å². The first-order valence-corrected chi connectivity index (χ1v) is 6.14. The van der Waals surface area contributed by atoms with Crippen LogP contribution in [0.3, 0.4) is 0 Å². The zero-order valence-electron chi connectivity index (χ0n) is 8.14. The molecule has 1 aliphatic carbocycles. The van der Waals surface area contributed by atoms with Crippen LogP contribution in [-0.2, 0) is 0 Å². The first-order valence-electron chi connectivity index (χ1n) is 5.34. The Hall–Kier alpha value is 0.180. The van der Waals surface area contributed by atoms with E-state index in [1.54, 1.807) is 0 Å². The smallest absolute Gasteiger partial charge is 0.0296 e. The Morgan fingerprint density at radius 1 is 1.31 bits per heavy atom. The van der Waals surface area contributed by atoms with Crippen molar-refractivity contribution in [1.82, 2.24) is 4.90 Å². The monoisotopic (exact) mass is 243 g/mol. The van der Waals surface area contributed by atoms with E-state index in [1.807, 2.05) is 0 Å². The highest BCUT2D eigenvalue weighted by Gasteiger charge is 2.34. The van der Waals surface area contributed by atoms with Crippen LogP contribution in [-0.4, -0.2) is 24.0 Å². The summed E-state index contributed by atoms with van der Waals surface area (Å²) in [7, 11) is 0. The third-order valence-corrected chi connectivity index (χ3v) is 3.73. The number of rotatable bonds is 3. The largest absolute Gasteiger partial charge is 0.295 e. The summed E-state index contributed by atoms with van der Waals surface area (Å²) in [6.45, 7) is 6.27. The predicted molar refractivity (Wildman–Crippen MR) is 60.0 cm³/mol. The topological polar surface area (TPSA) is 3.24 Å². The molecule has 0 N–H and O–H groups in total. The fourth-order valence-electron chi connectivity index (χ4n) is 2.63. The molecular formula is C11H18BrN. The lowest BCUT2D eigenvalue weighted by molar-refractivity contribution is 0.142. The van der Waals surface area contributed by atoms with Crippen LogP contribution in [0.25, 0.3) is 0 Å². The van der Waals surface area contributed by atoms with Gasteiger partial charge in [-0.2, -0.15) is 0 Å². The van der Waals surface area contributed by atoms with Crippen LogP contribution in [0.15, 0.2) is 11.1 Å². The minimum atomic E-state index is 0.878. The summed E-state index contributed by atoms with van der Waals surface area (Å²) in [5.41, 5.74) is 0. The average molecular weight is 244 g/mol. The van der Waals surface area contributed by atoms with Gasteiger partial charge in [0.25, 0.3) is 0 Å². The molecule has 2 fully saturated rings. The number of nitrogens with zero attached hydrogens (tertiary/aromatic N) is 1. The maximum atomic E-state index is 3.93. The quantitative estimate of drug-likeness (QED) is 0.737. The molecule has 1 saturated carbocycles. The Labute approximate surface area is 89.3 Å². The maximum Gasteiger partial charge on any atom is 0.0296 e. The molecule has 0 aromatic rings. The van der Waals surface area contributed by atoms with E-state index in [4.69, 9.17) is 0 Å². The average Bonchev–Trinajstić information content (AvgIpc) is 2.32. The second-order valence-corrected chi connectivity index (χ2v) is 5.51. The molecule has 13 heavy (non-hydrogen) atoms. The van der Waals surface area contributed by atoms with Gasteiger partial charge in [0.15, 0.2) is 0 Å². The fourth-order valence-corrected chi connectivity index (χ4v) is 2.95. The van der Waals surface area contributed by atoms with Crippen LogP contribution in [0.1, 0.15) is 32.1 Å². The standard InChI is InChI=1S/C11H18BrN/c1-9(12)8-13-7-3-6-11(13)10-4-2-5-10/h10-11H,1-8H2. The Morgan fingerprint density at radius 3 is 2.62 bits per heavy atom. The highest BCUT2D eigenvalue weighted by molar-refractivity contribution is 9.11. The summed E-state index contributed by atoms with van der Waals surface area (Å²) in [6, 6.07) is 0.878. The predicted octanol–water partition coefficient (Wildman–Crippen LogP) is 3.16. The van der Waals surface area contributed by atoms with Gasteiger partial charge in [-0.3, -0.25) is 4.90 Å². The summed E-state index contributed by atoms with van der Waals surface area (Å²) in [6.07, 6.45) is 7.21. The molecule has 74 valence electrons. The minimum absolute atomic E-state index is 0.878. The van der Waals surface area contributed by atoms with E-state index >= 15 is 0 Å². The minimum Gasteiger partial charge on any atom is -0.295 e. The molecule has 1 saturated heterocycles. The molecule has 1 nitrogen and oxygen atoms in total. The van der Waals surface area contributed by atoms with Crippen molar-refractivity contribution in [2.75, 3.05) is 13.1 Å². The highest BCUT2D eigenvalue weighted by atomic mass is 79.9. The van der Waals surface area contributed by atoms with Gasteiger partial charge in [-0.25, -0.2) is 0 Å².